The lowest BCUT2D eigenvalue weighted by atomic mass is 10.2. The van der Waals surface area contributed by atoms with Crippen LogP contribution in [-0.4, -0.2) is 18.9 Å². The molecule has 2 heterocycles. The molecule has 3 N–H and O–H groups in total. The Bertz CT molecular complexity index is 1030. The fraction of sp³-hybridized carbons (Fsp3) is 0.100. The Labute approximate surface area is 165 Å². The monoisotopic (exact) mass is 395 g/mol. The Hall–Kier alpha value is -3.52. The van der Waals surface area contributed by atoms with Crippen molar-refractivity contribution in [2.24, 2.45) is 5.16 Å². The lowest BCUT2D eigenvalue weighted by molar-refractivity contribution is 0.103. The number of hydrogen-bond donors (Lipinski definition) is 2. The number of nitrogens with one attached hydrogen (secondary N) is 1. The SMILES string of the molecule is Nc1ccccc1NC(=O)c1ccc(CON=Cc2ccc3c(c2)OCO3)s1. The molecule has 0 aliphatic carbocycles. The van der Waals surface area contributed by atoms with Crippen LogP contribution in [0.2, 0.25) is 0 Å². The third-order valence-electron chi connectivity index (χ3n) is 3.97. The highest BCUT2D eigenvalue weighted by Gasteiger charge is 2.13. The van der Waals surface area contributed by atoms with Gasteiger partial charge in [0, 0.05) is 10.4 Å². The quantitative estimate of drug-likeness (QED) is 0.375. The third kappa shape index (κ3) is 4.07. The third-order valence-corrected chi connectivity index (χ3v) is 5.03. The Morgan fingerprint density at radius 1 is 1.18 bits per heavy atom. The molecule has 0 bridgehead atoms. The Morgan fingerprint density at radius 2 is 2.04 bits per heavy atom. The van der Waals surface area contributed by atoms with Crippen LogP contribution in [0, 0.1) is 0 Å². The van der Waals surface area contributed by atoms with E-state index in [9.17, 15) is 4.79 Å². The van der Waals surface area contributed by atoms with E-state index < -0.39 is 0 Å². The second kappa shape index (κ2) is 8.01. The first-order valence-electron chi connectivity index (χ1n) is 8.48. The Balaban J connectivity index is 1.31. The van der Waals surface area contributed by atoms with Gasteiger partial charge in [0.15, 0.2) is 18.1 Å². The average molecular weight is 395 g/mol. The summed E-state index contributed by atoms with van der Waals surface area (Å²) in [6.45, 7) is 0.504. The molecule has 3 aromatic rings. The predicted molar refractivity (Wildman–Crippen MR) is 108 cm³/mol. The summed E-state index contributed by atoms with van der Waals surface area (Å²) in [4.78, 5) is 19.1. The number of para-hydroxylation sites is 2. The number of rotatable bonds is 6. The van der Waals surface area contributed by atoms with E-state index in [0.717, 1.165) is 16.2 Å². The van der Waals surface area contributed by atoms with Gasteiger partial charge >= 0.3 is 0 Å². The largest absolute Gasteiger partial charge is 0.454 e. The van der Waals surface area contributed by atoms with E-state index in [0.29, 0.717) is 22.0 Å². The molecule has 7 nitrogen and oxygen atoms in total. The summed E-state index contributed by atoms with van der Waals surface area (Å²) in [5.74, 6) is 1.20. The summed E-state index contributed by atoms with van der Waals surface area (Å²) in [7, 11) is 0. The first-order chi connectivity index (χ1) is 13.7. The molecule has 0 atom stereocenters. The molecular weight excluding hydrogens is 378 g/mol. The first-order valence-corrected chi connectivity index (χ1v) is 9.30. The zero-order valence-electron chi connectivity index (χ0n) is 14.8. The lowest BCUT2D eigenvalue weighted by Gasteiger charge is -2.06. The van der Waals surface area contributed by atoms with Crippen LogP contribution in [0.15, 0.2) is 59.8 Å². The van der Waals surface area contributed by atoms with Crippen molar-refractivity contribution >= 4 is 34.8 Å². The minimum atomic E-state index is -0.210. The van der Waals surface area contributed by atoms with Crippen molar-refractivity contribution in [3.05, 3.63) is 69.9 Å². The molecule has 0 saturated carbocycles. The van der Waals surface area contributed by atoms with Gasteiger partial charge < -0.3 is 25.4 Å². The number of carbonyl (C=O) groups excluding carboxylic acids is 1. The van der Waals surface area contributed by atoms with E-state index in [2.05, 4.69) is 10.5 Å². The minimum Gasteiger partial charge on any atom is -0.454 e. The molecule has 0 fully saturated rings. The highest BCUT2D eigenvalue weighted by Crippen LogP contribution is 2.32. The Kier molecular flexibility index (Phi) is 5.11. The highest BCUT2D eigenvalue weighted by atomic mass is 32.1. The van der Waals surface area contributed by atoms with E-state index in [-0.39, 0.29) is 19.3 Å². The van der Waals surface area contributed by atoms with E-state index in [4.69, 9.17) is 20.0 Å². The molecule has 4 rings (SSSR count). The summed E-state index contributed by atoms with van der Waals surface area (Å²) in [6, 6.07) is 16.2. The number of anilines is 2. The summed E-state index contributed by atoms with van der Waals surface area (Å²) >= 11 is 1.34. The maximum absolute atomic E-state index is 12.3. The van der Waals surface area contributed by atoms with Crippen LogP contribution < -0.4 is 20.5 Å². The lowest BCUT2D eigenvalue weighted by Crippen LogP contribution is -2.11. The summed E-state index contributed by atoms with van der Waals surface area (Å²) in [5, 5.41) is 6.77. The van der Waals surface area contributed by atoms with Crippen molar-refractivity contribution in [1.82, 2.24) is 0 Å². The molecule has 0 saturated heterocycles. The van der Waals surface area contributed by atoms with Crippen LogP contribution >= 0.6 is 11.3 Å². The number of amides is 1. The molecule has 1 aromatic heterocycles. The van der Waals surface area contributed by atoms with Crippen molar-refractivity contribution in [3.8, 4) is 11.5 Å². The van der Waals surface area contributed by atoms with E-state index >= 15 is 0 Å². The van der Waals surface area contributed by atoms with Crippen LogP contribution in [0.1, 0.15) is 20.1 Å². The highest BCUT2D eigenvalue weighted by molar-refractivity contribution is 7.14. The van der Waals surface area contributed by atoms with Crippen LogP contribution in [-0.2, 0) is 11.4 Å². The number of carbonyl (C=O) groups is 1. The van der Waals surface area contributed by atoms with Crippen molar-refractivity contribution in [2.45, 2.75) is 6.61 Å². The molecule has 0 unspecified atom stereocenters. The zero-order valence-corrected chi connectivity index (χ0v) is 15.6. The smallest absolute Gasteiger partial charge is 0.265 e. The molecule has 1 amide bonds. The number of nitrogens with zero attached hydrogens (tertiary/aromatic N) is 1. The van der Waals surface area contributed by atoms with E-state index in [1.165, 1.54) is 11.3 Å². The molecule has 1 aliphatic rings. The van der Waals surface area contributed by atoms with Gasteiger partial charge in [-0.25, -0.2) is 0 Å². The number of hydrogen-bond acceptors (Lipinski definition) is 7. The van der Waals surface area contributed by atoms with Gasteiger partial charge in [0.05, 0.1) is 22.5 Å². The maximum atomic E-state index is 12.3. The second-order valence-electron chi connectivity index (χ2n) is 5.93. The van der Waals surface area contributed by atoms with Gasteiger partial charge in [-0.2, -0.15) is 0 Å². The van der Waals surface area contributed by atoms with Crippen molar-refractivity contribution in [1.29, 1.82) is 0 Å². The fourth-order valence-electron chi connectivity index (χ4n) is 2.56. The number of fused-ring (bicyclic) bond motifs is 1. The van der Waals surface area contributed by atoms with E-state index in [1.54, 1.807) is 24.4 Å². The molecule has 0 radical (unpaired) electrons. The topological polar surface area (TPSA) is 95.2 Å². The Morgan fingerprint density at radius 3 is 2.93 bits per heavy atom. The van der Waals surface area contributed by atoms with Gasteiger partial charge in [0.25, 0.3) is 5.91 Å². The molecule has 28 heavy (non-hydrogen) atoms. The minimum absolute atomic E-state index is 0.210. The molecular formula is C20H17N3O4S. The molecule has 2 aromatic carbocycles. The number of benzene rings is 2. The summed E-state index contributed by atoms with van der Waals surface area (Å²) in [5.41, 5.74) is 7.80. The van der Waals surface area contributed by atoms with Crippen molar-refractivity contribution in [2.75, 3.05) is 17.8 Å². The van der Waals surface area contributed by atoms with Crippen LogP contribution in [0.3, 0.4) is 0 Å². The number of nitrogen functional groups attached to an aromatic ring is 1. The fourth-order valence-corrected chi connectivity index (χ4v) is 3.37. The summed E-state index contributed by atoms with van der Waals surface area (Å²) in [6.07, 6.45) is 1.60. The molecule has 8 heteroatoms. The van der Waals surface area contributed by atoms with Gasteiger partial charge in [0.1, 0.15) is 0 Å². The first kappa shape index (κ1) is 17.9. The van der Waals surface area contributed by atoms with Gasteiger partial charge in [-0.3, -0.25) is 4.79 Å². The number of ether oxygens (including phenoxy) is 2. The summed E-state index contributed by atoms with van der Waals surface area (Å²) < 4.78 is 10.6. The van der Waals surface area contributed by atoms with Gasteiger partial charge in [0.2, 0.25) is 6.79 Å². The predicted octanol–water partition coefficient (Wildman–Crippen LogP) is 3.86. The maximum Gasteiger partial charge on any atom is 0.265 e. The van der Waals surface area contributed by atoms with Gasteiger partial charge in [-0.1, -0.05) is 17.3 Å². The average Bonchev–Trinajstić information content (AvgIpc) is 3.36. The van der Waals surface area contributed by atoms with E-state index in [1.807, 2.05) is 36.4 Å². The molecule has 1 aliphatic heterocycles. The normalized spacial score (nSPS) is 12.3. The molecule has 0 spiro atoms. The standard InChI is InChI=1S/C20H17N3O4S/c21-15-3-1-2-4-16(15)23-20(24)19-8-6-14(28-19)11-27-22-10-13-5-7-17-18(9-13)26-12-25-17/h1-10H,11-12,21H2,(H,23,24). The number of oxime groups is 1. The van der Waals surface area contributed by atoms with Crippen LogP contribution in [0.5, 0.6) is 11.5 Å². The number of nitrogens with two attached hydrogens (primary N) is 1. The van der Waals surface area contributed by atoms with Gasteiger partial charge in [-0.15, -0.1) is 11.3 Å². The van der Waals surface area contributed by atoms with Crippen molar-refractivity contribution < 1.29 is 19.1 Å². The number of thiophene rings is 1. The van der Waals surface area contributed by atoms with Crippen LogP contribution in [0.25, 0.3) is 0 Å². The van der Waals surface area contributed by atoms with Crippen LogP contribution in [0.4, 0.5) is 11.4 Å². The zero-order chi connectivity index (χ0) is 19.3. The second-order valence-corrected chi connectivity index (χ2v) is 7.10. The molecule has 142 valence electrons. The van der Waals surface area contributed by atoms with Crippen molar-refractivity contribution in [3.63, 3.8) is 0 Å². The van der Waals surface area contributed by atoms with Gasteiger partial charge in [-0.05, 0) is 42.5 Å².